The highest BCUT2D eigenvalue weighted by Crippen LogP contribution is 2.17. The van der Waals surface area contributed by atoms with Crippen LogP contribution in [0, 0.1) is 10.8 Å². The van der Waals surface area contributed by atoms with E-state index in [1.54, 1.807) is 41.5 Å². The fourth-order valence-electron chi connectivity index (χ4n) is 1.26. The molecule has 0 heterocycles. The number of carbonyl (C=O) groups excluding carboxylic acids is 4. The van der Waals surface area contributed by atoms with Crippen LogP contribution in [0.5, 0.6) is 0 Å². The second-order valence-corrected chi connectivity index (χ2v) is 6.80. The molecule has 0 bridgehead atoms. The van der Waals surface area contributed by atoms with E-state index in [0.29, 0.717) is 0 Å². The Morgan fingerprint density at radius 1 is 0.950 bits per heavy atom. The molecule has 0 unspecified atom stereocenters. The van der Waals surface area contributed by atoms with E-state index in [-0.39, 0.29) is 0 Å². The number of carboxylic acids is 1. The summed E-state index contributed by atoms with van der Waals surface area (Å²) in [6.07, 6.45) is -0.597. The van der Waals surface area contributed by atoms with Gasteiger partial charge >= 0.3 is 0 Å². The Labute approximate surface area is 118 Å². The molecule has 0 aromatic heterocycles. The van der Waals surface area contributed by atoms with E-state index < -0.39 is 46.7 Å². The number of Topliss-reactive ketones (excluding diaryl/α,β-unsaturated/α-hetero) is 2. The van der Waals surface area contributed by atoms with E-state index in [1.807, 2.05) is 0 Å². The largest absolute Gasteiger partial charge is 0.548 e. The Kier molecular flexibility index (Phi) is 5.62. The first-order chi connectivity index (χ1) is 8.76. The Morgan fingerprint density at radius 2 is 1.40 bits per heavy atom. The van der Waals surface area contributed by atoms with Gasteiger partial charge in [-0.2, -0.15) is 0 Å². The molecule has 0 saturated carbocycles. The van der Waals surface area contributed by atoms with Crippen molar-refractivity contribution in [3.63, 3.8) is 0 Å². The molecule has 0 aliphatic rings. The van der Waals surface area contributed by atoms with Crippen molar-refractivity contribution in [1.29, 1.82) is 0 Å². The maximum Gasteiger partial charge on any atom is 0.225 e. The van der Waals surface area contributed by atoms with Gasteiger partial charge in [0.1, 0.15) is 0 Å². The molecule has 0 aliphatic heterocycles. The number of nitrogens with one attached hydrogen (secondary N) is 1. The molecule has 1 atom stereocenters. The predicted octanol–water partition coefficient (Wildman–Crippen LogP) is -0.158. The molecular weight excluding hydrogens is 262 g/mol. The number of ketones is 2. The number of amides is 1. The van der Waals surface area contributed by atoms with Crippen molar-refractivity contribution in [2.75, 3.05) is 0 Å². The van der Waals surface area contributed by atoms with E-state index in [0.717, 1.165) is 0 Å². The first-order valence-corrected chi connectivity index (χ1v) is 6.36. The van der Waals surface area contributed by atoms with E-state index in [4.69, 9.17) is 0 Å². The van der Waals surface area contributed by atoms with Crippen molar-refractivity contribution in [2.45, 2.75) is 54.0 Å². The molecule has 0 fully saturated rings. The fourth-order valence-corrected chi connectivity index (χ4v) is 1.26. The molecule has 0 aliphatic carbocycles. The highest BCUT2D eigenvalue weighted by Gasteiger charge is 2.31. The molecule has 0 spiro atoms. The summed E-state index contributed by atoms with van der Waals surface area (Å²) in [6, 6.07) is -1.50. The lowest BCUT2D eigenvalue weighted by molar-refractivity contribution is -0.308. The summed E-state index contributed by atoms with van der Waals surface area (Å²) in [5.41, 5.74) is -1.69. The minimum atomic E-state index is -1.59. The van der Waals surface area contributed by atoms with Crippen molar-refractivity contribution in [3.8, 4) is 0 Å². The average Bonchev–Trinajstić information content (AvgIpc) is 2.23. The average molecular weight is 284 g/mol. The van der Waals surface area contributed by atoms with Gasteiger partial charge in [-0.1, -0.05) is 41.5 Å². The highest BCUT2D eigenvalue weighted by molar-refractivity contribution is 6.39. The van der Waals surface area contributed by atoms with Crippen LogP contribution in [0.25, 0.3) is 0 Å². The van der Waals surface area contributed by atoms with Crippen LogP contribution in [-0.4, -0.2) is 29.5 Å². The summed E-state index contributed by atoms with van der Waals surface area (Å²) < 4.78 is 0. The van der Waals surface area contributed by atoms with Crippen molar-refractivity contribution in [3.05, 3.63) is 0 Å². The van der Waals surface area contributed by atoms with Gasteiger partial charge in [-0.25, -0.2) is 0 Å². The van der Waals surface area contributed by atoms with Crippen LogP contribution in [0.4, 0.5) is 0 Å². The molecule has 6 heteroatoms. The van der Waals surface area contributed by atoms with E-state index in [1.165, 1.54) is 0 Å². The van der Waals surface area contributed by atoms with Gasteiger partial charge in [-0.05, 0) is 0 Å². The quantitative estimate of drug-likeness (QED) is 0.707. The Morgan fingerprint density at radius 3 is 1.70 bits per heavy atom. The summed E-state index contributed by atoms with van der Waals surface area (Å²) >= 11 is 0. The smallest absolute Gasteiger partial charge is 0.225 e. The van der Waals surface area contributed by atoms with Gasteiger partial charge in [0.2, 0.25) is 17.5 Å². The van der Waals surface area contributed by atoms with Crippen molar-refractivity contribution in [1.82, 2.24) is 5.32 Å². The third-order valence-electron chi connectivity index (χ3n) is 2.59. The summed E-state index contributed by atoms with van der Waals surface area (Å²) in [7, 11) is 0. The number of aliphatic carboxylic acids is 1. The maximum atomic E-state index is 11.7. The van der Waals surface area contributed by atoms with Gasteiger partial charge in [-0.15, -0.1) is 0 Å². The molecule has 0 radical (unpaired) electrons. The van der Waals surface area contributed by atoms with Gasteiger partial charge in [-0.3, -0.25) is 14.4 Å². The second-order valence-electron chi connectivity index (χ2n) is 6.80. The van der Waals surface area contributed by atoms with Crippen molar-refractivity contribution in [2.24, 2.45) is 10.8 Å². The predicted molar refractivity (Wildman–Crippen MR) is 70.5 cm³/mol. The van der Waals surface area contributed by atoms with Crippen LogP contribution >= 0.6 is 0 Å². The zero-order valence-corrected chi connectivity index (χ0v) is 12.8. The topological polar surface area (TPSA) is 103 Å². The van der Waals surface area contributed by atoms with Crippen LogP contribution in [0.15, 0.2) is 0 Å². The fraction of sp³-hybridized carbons (Fsp3) is 0.714. The third kappa shape index (κ3) is 5.50. The second kappa shape index (κ2) is 6.15. The molecule has 0 rings (SSSR count). The zero-order valence-electron chi connectivity index (χ0n) is 12.8. The zero-order chi connectivity index (χ0) is 16.3. The summed E-state index contributed by atoms with van der Waals surface area (Å²) in [5.74, 6) is -3.62. The first kappa shape index (κ1) is 18.3. The number of rotatable bonds is 5. The van der Waals surface area contributed by atoms with Crippen LogP contribution < -0.4 is 10.4 Å². The van der Waals surface area contributed by atoms with Crippen LogP contribution in [0.2, 0.25) is 0 Å². The van der Waals surface area contributed by atoms with Crippen LogP contribution in [-0.2, 0) is 19.2 Å². The van der Waals surface area contributed by atoms with E-state index in [2.05, 4.69) is 5.32 Å². The van der Waals surface area contributed by atoms with E-state index in [9.17, 15) is 24.3 Å². The van der Waals surface area contributed by atoms with Crippen LogP contribution in [0.1, 0.15) is 48.0 Å². The van der Waals surface area contributed by atoms with Gasteiger partial charge in [0, 0.05) is 17.3 Å². The van der Waals surface area contributed by atoms with Gasteiger partial charge in [0.15, 0.2) is 0 Å². The SMILES string of the molecule is CC(C)(C)C(=O)N[C@@H](CC(=O)C(=O)C(C)(C)C)C(=O)[O-]. The molecular formula is C14H22NO5-. The van der Waals surface area contributed by atoms with Crippen molar-refractivity contribution >= 4 is 23.4 Å². The minimum absolute atomic E-state index is 0.525. The third-order valence-corrected chi connectivity index (χ3v) is 2.59. The normalized spacial score (nSPS) is 13.5. The Hall–Kier alpha value is -1.72. The molecule has 1 amide bonds. The minimum Gasteiger partial charge on any atom is -0.548 e. The molecule has 1 N–H and O–H groups in total. The number of hydrogen-bond donors (Lipinski definition) is 1. The number of hydrogen-bond acceptors (Lipinski definition) is 5. The lowest BCUT2D eigenvalue weighted by Crippen LogP contribution is -2.52. The van der Waals surface area contributed by atoms with Crippen molar-refractivity contribution < 1.29 is 24.3 Å². The molecule has 0 saturated heterocycles. The molecule has 0 aromatic rings. The lowest BCUT2D eigenvalue weighted by atomic mass is 9.86. The van der Waals surface area contributed by atoms with Crippen LogP contribution in [0.3, 0.4) is 0 Å². The highest BCUT2D eigenvalue weighted by atomic mass is 16.4. The monoisotopic (exact) mass is 284 g/mol. The number of carbonyl (C=O) groups is 4. The van der Waals surface area contributed by atoms with Gasteiger partial charge in [0.05, 0.1) is 12.0 Å². The lowest BCUT2D eigenvalue weighted by Gasteiger charge is -2.25. The maximum absolute atomic E-state index is 11.7. The summed E-state index contributed by atoms with van der Waals surface area (Å²) in [4.78, 5) is 46.2. The summed E-state index contributed by atoms with van der Waals surface area (Å²) in [6.45, 7) is 9.52. The number of carboxylic acid groups (broad SMARTS) is 1. The first-order valence-electron chi connectivity index (χ1n) is 6.36. The van der Waals surface area contributed by atoms with E-state index >= 15 is 0 Å². The Balaban J connectivity index is 4.91. The molecule has 6 nitrogen and oxygen atoms in total. The molecule has 0 aromatic carbocycles. The molecule has 20 heavy (non-hydrogen) atoms. The van der Waals surface area contributed by atoms with Gasteiger partial charge in [0.25, 0.3) is 0 Å². The standard InChI is InChI=1S/C14H23NO5/c1-13(2,3)10(17)9(16)7-8(11(18)19)15-12(20)14(4,5)6/h8H,7H2,1-6H3,(H,15,20)(H,18,19)/p-1/t8-/m0/s1. The Bertz CT molecular complexity index is 426. The molecule has 114 valence electrons. The summed E-state index contributed by atoms with van der Waals surface area (Å²) in [5, 5.41) is 13.2. The van der Waals surface area contributed by atoms with Gasteiger partial charge < -0.3 is 15.2 Å².